The van der Waals surface area contributed by atoms with Gasteiger partial charge in [0.2, 0.25) is 0 Å². The van der Waals surface area contributed by atoms with E-state index in [0.717, 1.165) is 17.7 Å². The van der Waals surface area contributed by atoms with Crippen molar-refractivity contribution in [2.24, 2.45) is 17.4 Å². The van der Waals surface area contributed by atoms with Gasteiger partial charge < -0.3 is 11.5 Å². The van der Waals surface area contributed by atoms with E-state index in [-0.39, 0.29) is 0 Å². The molecule has 3 aromatic carbocycles. The quantitative estimate of drug-likeness (QED) is 0.456. The molecule has 3 aromatic rings. The third kappa shape index (κ3) is 9.11. The van der Waals surface area contributed by atoms with Gasteiger partial charge in [-0.2, -0.15) is 0 Å². The lowest BCUT2D eigenvalue weighted by Gasteiger charge is -2.07. The smallest absolute Gasteiger partial charge is 0.0347 e. The predicted octanol–water partition coefficient (Wildman–Crippen LogP) is 7.26. The highest BCUT2D eigenvalue weighted by Crippen LogP contribution is 2.21. The Labute approximate surface area is 183 Å². The minimum Gasteiger partial charge on any atom is -0.399 e. The molecule has 0 heterocycles. The van der Waals surface area contributed by atoms with Gasteiger partial charge in [0.15, 0.2) is 0 Å². The summed E-state index contributed by atoms with van der Waals surface area (Å²) in [6, 6.07) is 28.9. The highest BCUT2D eigenvalue weighted by molar-refractivity contribution is 5.69. The molecular formula is C28H38N2. The van der Waals surface area contributed by atoms with Crippen molar-refractivity contribution < 1.29 is 0 Å². The Bertz CT molecular complexity index is 822. The summed E-state index contributed by atoms with van der Waals surface area (Å²) in [6.07, 6.45) is 4.38. The summed E-state index contributed by atoms with van der Waals surface area (Å²) >= 11 is 0. The summed E-state index contributed by atoms with van der Waals surface area (Å²) in [7, 11) is 0. The maximum atomic E-state index is 6.15. The predicted molar refractivity (Wildman–Crippen MR) is 134 cm³/mol. The molecule has 3 rings (SSSR count). The molecule has 0 saturated carbocycles. The molecule has 30 heavy (non-hydrogen) atoms. The molecule has 1 atom stereocenters. The van der Waals surface area contributed by atoms with Crippen molar-refractivity contribution >= 4 is 5.70 Å². The first-order valence-corrected chi connectivity index (χ1v) is 11.0. The van der Waals surface area contributed by atoms with Gasteiger partial charge in [-0.05, 0) is 34.6 Å². The zero-order valence-electron chi connectivity index (χ0n) is 19.0. The molecular weight excluding hydrogens is 364 g/mol. The standard InChI is InChI=1S/C19H23N.C7H9N.C2H6/c1-3-15(2)9-14-19(20)18-12-10-17(11-13-18)16-7-5-4-6-8-16;8-6-7-4-2-1-3-5-7;1-2/h4-8,10-15H,3,9,20H2,1-2H3;1-5H,6,8H2;1-2H3/b19-14-;;. The van der Waals surface area contributed by atoms with Gasteiger partial charge in [-0.1, -0.05) is 125 Å². The monoisotopic (exact) mass is 402 g/mol. The first-order chi connectivity index (χ1) is 14.6. The second kappa shape index (κ2) is 15.1. The molecule has 0 bridgehead atoms. The summed E-state index contributed by atoms with van der Waals surface area (Å²) in [5.41, 5.74) is 17.1. The lowest BCUT2D eigenvalue weighted by atomic mass is 10.0. The molecule has 1 unspecified atom stereocenters. The maximum Gasteiger partial charge on any atom is 0.0347 e. The largest absolute Gasteiger partial charge is 0.399 e. The highest BCUT2D eigenvalue weighted by atomic mass is 14.6. The summed E-state index contributed by atoms with van der Waals surface area (Å²) in [6.45, 7) is 9.10. The Morgan fingerprint density at radius 3 is 1.77 bits per heavy atom. The van der Waals surface area contributed by atoms with E-state index in [2.05, 4.69) is 68.5 Å². The molecule has 0 spiro atoms. The van der Waals surface area contributed by atoms with Crippen LogP contribution in [0, 0.1) is 5.92 Å². The second-order valence-electron chi connectivity index (χ2n) is 7.04. The molecule has 0 aliphatic heterocycles. The summed E-state index contributed by atoms with van der Waals surface area (Å²) in [5.74, 6) is 0.692. The number of hydrogen-bond donors (Lipinski definition) is 2. The minimum atomic E-state index is 0.640. The molecule has 2 nitrogen and oxygen atoms in total. The number of allylic oxidation sites excluding steroid dienone is 1. The SMILES string of the molecule is CC.CCC(C)C/C=C(\N)c1ccc(-c2ccccc2)cc1.NCc1ccccc1. The van der Waals surface area contributed by atoms with Gasteiger partial charge in [0, 0.05) is 12.2 Å². The molecule has 0 radical (unpaired) electrons. The van der Waals surface area contributed by atoms with E-state index in [1.165, 1.54) is 23.1 Å². The van der Waals surface area contributed by atoms with E-state index >= 15 is 0 Å². The van der Waals surface area contributed by atoms with Crippen molar-refractivity contribution in [3.05, 3.63) is 102 Å². The molecule has 0 aromatic heterocycles. The maximum absolute atomic E-state index is 6.15. The van der Waals surface area contributed by atoms with Crippen molar-refractivity contribution in [3.8, 4) is 11.1 Å². The fraction of sp³-hybridized carbons (Fsp3) is 0.286. The van der Waals surface area contributed by atoms with Crippen LogP contribution in [0.25, 0.3) is 16.8 Å². The average Bonchev–Trinajstić information content (AvgIpc) is 2.85. The summed E-state index contributed by atoms with van der Waals surface area (Å²) in [5, 5.41) is 0. The zero-order valence-corrected chi connectivity index (χ0v) is 19.0. The molecule has 2 heteroatoms. The van der Waals surface area contributed by atoms with Gasteiger partial charge in [0.1, 0.15) is 0 Å². The molecule has 160 valence electrons. The van der Waals surface area contributed by atoms with Crippen LogP contribution in [0.4, 0.5) is 0 Å². The molecule has 0 aliphatic rings. The normalized spacial score (nSPS) is 11.4. The summed E-state index contributed by atoms with van der Waals surface area (Å²) < 4.78 is 0. The zero-order chi connectivity index (χ0) is 22.2. The fourth-order valence-corrected chi connectivity index (χ4v) is 2.71. The van der Waals surface area contributed by atoms with Gasteiger partial charge in [-0.15, -0.1) is 0 Å². The van der Waals surface area contributed by atoms with Crippen molar-refractivity contribution in [1.29, 1.82) is 0 Å². The topological polar surface area (TPSA) is 52.0 Å². The van der Waals surface area contributed by atoms with Gasteiger partial charge in [0.05, 0.1) is 0 Å². The van der Waals surface area contributed by atoms with E-state index in [9.17, 15) is 0 Å². The van der Waals surface area contributed by atoms with Gasteiger partial charge >= 0.3 is 0 Å². The van der Waals surface area contributed by atoms with Crippen molar-refractivity contribution in [3.63, 3.8) is 0 Å². The van der Waals surface area contributed by atoms with E-state index in [0.29, 0.717) is 12.5 Å². The van der Waals surface area contributed by atoms with Crippen molar-refractivity contribution in [2.45, 2.75) is 47.1 Å². The van der Waals surface area contributed by atoms with Crippen LogP contribution in [0.5, 0.6) is 0 Å². The Morgan fingerprint density at radius 2 is 1.30 bits per heavy atom. The third-order valence-corrected chi connectivity index (χ3v) is 4.84. The van der Waals surface area contributed by atoms with Crippen molar-refractivity contribution in [1.82, 2.24) is 0 Å². The Hall–Kier alpha value is -2.84. The van der Waals surface area contributed by atoms with E-state index in [4.69, 9.17) is 11.5 Å². The molecule has 0 fully saturated rings. The van der Waals surface area contributed by atoms with Crippen LogP contribution in [0.2, 0.25) is 0 Å². The first-order valence-electron chi connectivity index (χ1n) is 11.0. The van der Waals surface area contributed by atoms with Crippen LogP contribution in [-0.4, -0.2) is 0 Å². The molecule has 4 N–H and O–H groups in total. The summed E-state index contributed by atoms with van der Waals surface area (Å²) in [4.78, 5) is 0. The van der Waals surface area contributed by atoms with Gasteiger partial charge in [-0.3, -0.25) is 0 Å². The van der Waals surface area contributed by atoms with Crippen LogP contribution in [0.3, 0.4) is 0 Å². The lowest BCUT2D eigenvalue weighted by Crippen LogP contribution is -1.98. The number of nitrogens with two attached hydrogens (primary N) is 2. The fourth-order valence-electron chi connectivity index (χ4n) is 2.71. The van der Waals surface area contributed by atoms with Crippen LogP contribution in [0.1, 0.15) is 51.7 Å². The minimum absolute atomic E-state index is 0.640. The molecule has 0 amide bonds. The average molecular weight is 403 g/mol. The van der Waals surface area contributed by atoms with E-state index in [1.54, 1.807) is 0 Å². The van der Waals surface area contributed by atoms with Gasteiger partial charge in [0.25, 0.3) is 0 Å². The third-order valence-electron chi connectivity index (χ3n) is 4.84. The Kier molecular flexibility index (Phi) is 12.6. The Balaban J connectivity index is 0.000000375. The van der Waals surface area contributed by atoms with Crippen LogP contribution in [0.15, 0.2) is 91.0 Å². The van der Waals surface area contributed by atoms with Gasteiger partial charge in [-0.25, -0.2) is 0 Å². The number of rotatable bonds is 6. The molecule has 0 saturated heterocycles. The van der Waals surface area contributed by atoms with Crippen LogP contribution in [-0.2, 0) is 6.54 Å². The van der Waals surface area contributed by atoms with Crippen LogP contribution >= 0.6 is 0 Å². The van der Waals surface area contributed by atoms with E-state index in [1.807, 2.05) is 50.2 Å². The lowest BCUT2D eigenvalue weighted by molar-refractivity contribution is 0.572. The first kappa shape index (κ1) is 25.2. The molecule has 0 aliphatic carbocycles. The van der Waals surface area contributed by atoms with E-state index < -0.39 is 0 Å². The Morgan fingerprint density at radius 1 is 0.800 bits per heavy atom. The number of benzene rings is 3. The van der Waals surface area contributed by atoms with Crippen LogP contribution < -0.4 is 11.5 Å². The highest BCUT2D eigenvalue weighted by Gasteiger charge is 2.01. The van der Waals surface area contributed by atoms with Crippen molar-refractivity contribution in [2.75, 3.05) is 0 Å². The second-order valence-corrected chi connectivity index (χ2v) is 7.04. The number of hydrogen-bond acceptors (Lipinski definition) is 2.